The topological polar surface area (TPSA) is 105 Å². The van der Waals surface area contributed by atoms with E-state index >= 15 is 0 Å². The van der Waals surface area contributed by atoms with Gasteiger partial charge in [-0.25, -0.2) is 13.2 Å². The van der Waals surface area contributed by atoms with Crippen LogP contribution in [0.25, 0.3) is 22.0 Å². The molecule has 230 valence electrons. The summed E-state index contributed by atoms with van der Waals surface area (Å²) < 4.78 is 24.4. The van der Waals surface area contributed by atoms with Crippen molar-refractivity contribution in [1.82, 2.24) is 4.98 Å². The maximum atomic E-state index is 14.1. The third kappa shape index (κ3) is 6.36. The normalized spacial score (nSPS) is 12.6. The summed E-state index contributed by atoms with van der Waals surface area (Å²) in [5.74, 6) is -1.33. The fraction of sp³-hybridized carbons (Fsp3) is 0.194. The molecule has 9 heteroatoms. The van der Waals surface area contributed by atoms with Crippen LogP contribution in [0, 0.1) is 0 Å². The molecular formula is C36H34N2O5S2. The van der Waals surface area contributed by atoms with Crippen molar-refractivity contribution in [2.75, 3.05) is 17.4 Å². The van der Waals surface area contributed by atoms with Gasteiger partial charge in [-0.3, -0.25) is 9.78 Å². The Bertz CT molecular complexity index is 2000. The Morgan fingerprint density at radius 2 is 1.56 bits per heavy atom. The smallest absolute Gasteiger partial charge is 0.335 e. The van der Waals surface area contributed by atoms with E-state index in [1.54, 1.807) is 36.7 Å². The number of aromatic nitrogens is 1. The molecule has 1 unspecified atom stereocenters. The Kier molecular flexibility index (Phi) is 8.87. The number of amides is 1. The molecule has 4 aromatic carbocycles. The van der Waals surface area contributed by atoms with E-state index < -0.39 is 26.6 Å². The molecule has 0 fully saturated rings. The number of nitrogens with zero attached hydrogens (tertiary/aromatic N) is 2. The molecule has 0 aliphatic carbocycles. The lowest BCUT2D eigenvalue weighted by Gasteiger charge is -2.30. The lowest BCUT2D eigenvalue weighted by atomic mass is 9.92. The molecule has 5 aromatic rings. The van der Waals surface area contributed by atoms with E-state index in [2.05, 4.69) is 4.98 Å². The number of carbonyl (C=O) groups is 2. The summed E-state index contributed by atoms with van der Waals surface area (Å²) in [6.07, 6.45) is 4.95. The summed E-state index contributed by atoms with van der Waals surface area (Å²) >= 11 is 1.61. The van der Waals surface area contributed by atoms with E-state index in [1.165, 1.54) is 30.5 Å². The lowest BCUT2D eigenvalue weighted by Crippen LogP contribution is -2.33. The standard InChI is InChI=1S/C36H34N2O5S2/c1-23(38(30-15-17-31(44-4)18-16-30)34(39)24-11-13-25(14-12-24)35(40)41)26-8-6-9-27(20-26)32-22-29(36(2,3)45(5,42)43)21-28-10-7-19-37-33(28)32/h6-23H,1-5H3,(H,40,41). The zero-order valence-electron chi connectivity index (χ0n) is 25.7. The largest absolute Gasteiger partial charge is 0.478 e. The number of sulfone groups is 1. The molecule has 0 spiro atoms. The summed E-state index contributed by atoms with van der Waals surface area (Å²) in [5, 5.41) is 10.2. The third-order valence-electron chi connectivity index (χ3n) is 8.34. The first kappa shape index (κ1) is 31.9. The number of hydrogen-bond donors (Lipinski definition) is 1. The fourth-order valence-electron chi connectivity index (χ4n) is 5.24. The van der Waals surface area contributed by atoms with Crippen LogP contribution in [0.4, 0.5) is 5.69 Å². The Morgan fingerprint density at radius 3 is 2.18 bits per heavy atom. The summed E-state index contributed by atoms with van der Waals surface area (Å²) in [4.78, 5) is 32.9. The third-order valence-corrected chi connectivity index (χ3v) is 11.2. The van der Waals surface area contributed by atoms with Crippen molar-refractivity contribution in [3.63, 3.8) is 0 Å². The molecule has 0 saturated heterocycles. The number of rotatable bonds is 9. The quantitative estimate of drug-likeness (QED) is 0.163. The SMILES string of the molecule is CSc1ccc(N(C(=O)c2ccc(C(=O)O)cc2)C(C)c2cccc(-c3cc(C(C)(C)S(C)(=O)=O)cc4cccnc34)c2)cc1. The van der Waals surface area contributed by atoms with E-state index in [4.69, 9.17) is 0 Å². The minimum Gasteiger partial charge on any atom is -0.478 e. The minimum absolute atomic E-state index is 0.102. The number of aromatic carboxylic acids is 1. The number of thioether (sulfide) groups is 1. The maximum Gasteiger partial charge on any atom is 0.335 e. The van der Waals surface area contributed by atoms with Gasteiger partial charge in [0.2, 0.25) is 0 Å². The van der Waals surface area contributed by atoms with Gasteiger partial charge in [-0.2, -0.15) is 0 Å². The molecule has 0 aliphatic heterocycles. The first-order valence-electron chi connectivity index (χ1n) is 14.3. The van der Waals surface area contributed by atoms with Gasteiger partial charge in [-0.15, -0.1) is 11.8 Å². The van der Waals surface area contributed by atoms with Crippen molar-refractivity contribution >= 4 is 50.1 Å². The van der Waals surface area contributed by atoms with E-state index in [0.717, 1.165) is 32.5 Å². The Labute approximate surface area is 267 Å². The molecule has 45 heavy (non-hydrogen) atoms. The van der Waals surface area contributed by atoms with Crippen molar-refractivity contribution in [3.05, 3.63) is 126 Å². The molecule has 7 nitrogen and oxygen atoms in total. The van der Waals surface area contributed by atoms with Crippen molar-refractivity contribution in [1.29, 1.82) is 0 Å². The number of fused-ring (bicyclic) bond motifs is 1. The Morgan fingerprint density at radius 1 is 0.889 bits per heavy atom. The zero-order chi connectivity index (χ0) is 32.5. The van der Waals surface area contributed by atoms with Gasteiger partial charge in [0.1, 0.15) is 0 Å². The summed E-state index contributed by atoms with van der Waals surface area (Å²) in [6, 6.07) is 28.6. The highest BCUT2D eigenvalue weighted by atomic mass is 32.2. The van der Waals surface area contributed by atoms with Gasteiger partial charge in [-0.05, 0) is 117 Å². The second-order valence-electron chi connectivity index (χ2n) is 11.4. The molecule has 1 aromatic heterocycles. The zero-order valence-corrected chi connectivity index (χ0v) is 27.3. The number of anilines is 1. The molecule has 1 heterocycles. The minimum atomic E-state index is -3.43. The predicted octanol–water partition coefficient (Wildman–Crippen LogP) is 8.01. The average Bonchev–Trinajstić information content (AvgIpc) is 3.04. The van der Waals surface area contributed by atoms with Gasteiger partial charge in [0, 0.05) is 39.5 Å². The van der Waals surface area contributed by atoms with Gasteiger partial charge < -0.3 is 10.0 Å². The summed E-state index contributed by atoms with van der Waals surface area (Å²) in [6.45, 7) is 5.36. The van der Waals surface area contributed by atoms with E-state index in [1.807, 2.05) is 86.0 Å². The second-order valence-corrected chi connectivity index (χ2v) is 14.9. The van der Waals surface area contributed by atoms with Crippen molar-refractivity contribution < 1.29 is 23.1 Å². The molecule has 1 atom stereocenters. The molecule has 0 bridgehead atoms. The van der Waals surface area contributed by atoms with Crippen LogP contribution in [0.15, 0.2) is 108 Å². The van der Waals surface area contributed by atoms with Crippen molar-refractivity contribution in [3.8, 4) is 11.1 Å². The number of benzene rings is 4. The van der Waals surface area contributed by atoms with Crippen LogP contribution in [0.3, 0.4) is 0 Å². The predicted molar refractivity (Wildman–Crippen MR) is 182 cm³/mol. The molecule has 1 amide bonds. The van der Waals surface area contributed by atoms with E-state index in [-0.39, 0.29) is 11.5 Å². The molecule has 5 rings (SSSR count). The Balaban J connectivity index is 1.63. The van der Waals surface area contributed by atoms with Crippen molar-refractivity contribution in [2.24, 2.45) is 0 Å². The van der Waals surface area contributed by atoms with Crippen LogP contribution >= 0.6 is 11.8 Å². The monoisotopic (exact) mass is 638 g/mol. The van der Waals surface area contributed by atoms with Crippen LogP contribution in [0.5, 0.6) is 0 Å². The number of pyridine rings is 1. The van der Waals surface area contributed by atoms with Gasteiger partial charge in [0.05, 0.1) is 21.9 Å². The lowest BCUT2D eigenvalue weighted by molar-refractivity contribution is 0.0696. The molecular weight excluding hydrogens is 605 g/mol. The number of carboxylic acids is 1. The summed E-state index contributed by atoms with van der Waals surface area (Å²) in [5.41, 5.74) is 5.05. The number of carboxylic acid groups (broad SMARTS) is 1. The van der Waals surface area contributed by atoms with Crippen LogP contribution in [-0.4, -0.2) is 42.9 Å². The highest BCUT2D eigenvalue weighted by Gasteiger charge is 2.33. The number of hydrogen-bond acceptors (Lipinski definition) is 6. The highest BCUT2D eigenvalue weighted by molar-refractivity contribution is 7.98. The van der Waals surface area contributed by atoms with Gasteiger partial charge >= 0.3 is 5.97 Å². The molecule has 0 aliphatic rings. The van der Waals surface area contributed by atoms with Crippen LogP contribution < -0.4 is 4.90 Å². The van der Waals surface area contributed by atoms with E-state index in [0.29, 0.717) is 16.8 Å². The van der Waals surface area contributed by atoms with E-state index in [9.17, 15) is 23.1 Å². The second kappa shape index (κ2) is 12.5. The van der Waals surface area contributed by atoms with Crippen LogP contribution in [0.1, 0.15) is 58.7 Å². The average molecular weight is 639 g/mol. The molecule has 1 N–H and O–H groups in total. The van der Waals surface area contributed by atoms with Gasteiger partial charge in [-0.1, -0.05) is 24.3 Å². The molecule has 0 radical (unpaired) electrons. The molecule has 0 saturated carbocycles. The maximum absolute atomic E-state index is 14.1. The van der Waals surface area contributed by atoms with Crippen LogP contribution in [-0.2, 0) is 14.6 Å². The first-order valence-corrected chi connectivity index (χ1v) is 17.4. The summed E-state index contributed by atoms with van der Waals surface area (Å²) in [7, 11) is -3.43. The fourth-order valence-corrected chi connectivity index (χ4v) is 6.20. The van der Waals surface area contributed by atoms with Crippen molar-refractivity contribution in [2.45, 2.75) is 36.5 Å². The Hall–Kier alpha value is -4.47. The van der Waals surface area contributed by atoms with Gasteiger partial charge in [0.25, 0.3) is 5.91 Å². The highest BCUT2D eigenvalue weighted by Crippen LogP contribution is 2.38. The van der Waals surface area contributed by atoms with Gasteiger partial charge in [0.15, 0.2) is 9.84 Å². The first-order chi connectivity index (χ1) is 21.3. The van der Waals surface area contributed by atoms with Crippen LogP contribution in [0.2, 0.25) is 0 Å². The number of carbonyl (C=O) groups excluding carboxylic acids is 1.